The van der Waals surface area contributed by atoms with Gasteiger partial charge in [-0.3, -0.25) is 0 Å². The van der Waals surface area contributed by atoms with E-state index in [1.807, 2.05) is 41.5 Å². The van der Waals surface area contributed by atoms with Crippen LogP contribution < -0.4 is 9.47 Å². The van der Waals surface area contributed by atoms with Gasteiger partial charge in [0.2, 0.25) is 0 Å². The Morgan fingerprint density at radius 2 is 0.969 bits per heavy atom. The van der Waals surface area contributed by atoms with Crippen LogP contribution in [0, 0.1) is 0 Å². The second kappa shape index (κ2) is 9.41. The molecule has 0 spiro atoms. The van der Waals surface area contributed by atoms with E-state index in [2.05, 4.69) is 0 Å². The molecule has 0 atom stereocenters. The normalized spacial score (nSPS) is 13.1. The molecule has 0 bridgehead atoms. The maximum Gasteiger partial charge on any atom is 0.264 e. The summed E-state index contributed by atoms with van der Waals surface area (Å²) >= 11 is 0. The number of benzene rings is 2. The Morgan fingerprint density at radius 3 is 1.22 bits per heavy atom. The lowest BCUT2D eigenvalue weighted by Gasteiger charge is -2.21. The molecular formula is C22H28Cl2O6S2. The predicted molar refractivity (Wildman–Crippen MR) is 127 cm³/mol. The lowest BCUT2D eigenvalue weighted by Crippen LogP contribution is -2.15. The largest absolute Gasteiger partial charge is 0.489 e. The molecule has 10 heteroatoms. The first-order valence-electron chi connectivity index (χ1n) is 9.85. The first kappa shape index (κ1) is 26.8. The van der Waals surface area contributed by atoms with Crippen LogP contribution in [0.3, 0.4) is 0 Å². The van der Waals surface area contributed by atoms with Crippen LogP contribution in [0.4, 0.5) is 0 Å². The van der Waals surface area contributed by atoms with E-state index in [1.165, 1.54) is 12.1 Å². The molecular weight excluding hydrogens is 495 g/mol. The molecule has 2 aromatic carbocycles. The number of rotatable bonds is 7. The number of hydrogen-bond donors (Lipinski definition) is 0. The van der Waals surface area contributed by atoms with Crippen molar-refractivity contribution in [2.45, 2.75) is 62.2 Å². The summed E-state index contributed by atoms with van der Waals surface area (Å²) in [5.41, 5.74) is 1.02. The van der Waals surface area contributed by atoms with E-state index in [-0.39, 0.29) is 45.3 Å². The SMILES string of the molecule is CC(C)(C)c1ccc(OCCOc2ccc(C(C)(C)C)cc2S(=O)(=O)Cl)c(S(=O)(=O)Cl)c1. The summed E-state index contributed by atoms with van der Waals surface area (Å²) in [6.07, 6.45) is 0. The van der Waals surface area contributed by atoms with Crippen LogP contribution >= 0.6 is 21.4 Å². The lowest BCUT2D eigenvalue weighted by molar-refractivity contribution is 0.210. The van der Waals surface area contributed by atoms with Gasteiger partial charge in [-0.05, 0) is 46.2 Å². The van der Waals surface area contributed by atoms with Crippen molar-refractivity contribution in [1.82, 2.24) is 0 Å². The third-order valence-corrected chi connectivity index (χ3v) is 7.43. The maximum absolute atomic E-state index is 12.0. The highest BCUT2D eigenvalue weighted by atomic mass is 35.7. The third-order valence-electron chi connectivity index (χ3n) is 4.74. The van der Waals surface area contributed by atoms with Crippen molar-refractivity contribution in [3.8, 4) is 11.5 Å². The van der Waals surface area contributed by atoms with Crippen LogP contribution in [0.15, 0.2) is 46.2 Å². The minimum Gasteiger partial charge on any atom is -0.489 e. The summed E-state index contributed by atoms with van der Waals surface area (Å²) in [6.45, 7) is 11.6. The minimum absolute atomic E-state index is 0.0446. The predicted octanol–water partition coefficient (Wildman–Crippen LogP) is 5.59. The Morgan fingerprint density at radius 1 is 0.656 bits per heavy atom. The Hall–Kier alpha value is -1.48. The van der Waals surface area contributed by atoms with Crippen molar-refractivity contribution < 1.29 is 26.3 Å². The molecule has 32 heavy (non-hydrogen) atoms. The third kappa shape index (κ3) is 7.01. The Kier molecular flexibility index (Phi) is 7.87. The standard InChI is InChI=1S/C22H28Cl2O6S2/c1-21(2,3)15-7-9-17(19(13-15)31(23,25)26)29-11-12-30-18-10-8-16(22(4,5)6)14-20(18)32(24,27)28/h7-10,13-14H,11-12H2,1-6H3. The fraction of sp³-hybridized carbons (Fsp3) is 0.455. The van der Waals surface area contributed by atoms with Gasteiger partial charge in [-0.1, -0.05) is 53.7 Å². The van der Waals surface area contributed by atoms with Gasteiger partial charge in [-0.15, -0.1) is 0 Å². The molecule has 2 aromatic rings. The zero-order valence-corrected chi connectivity index (χ0v) is 22.0. The van der Waals surface area contributed by atoms with E-state index in [4.69, 9.17) is 30.8 Å². The van der Waals surface area contributed by atoms with Crippen LogP contribution in [-0.2, 0) is 28.9 Å². The van der Waals surface area contributed by atoms with E-state index in [0.29, 0.717) is 0 Å². The number of ether oxygens (including phenoxy) is 2. The monoisotopic (exact) mass is 522 g/mol. The second-order valence-corrected chi connectivity index (χ2v) is 14.5. The molecule has 0 aliphatic heterocycles. The molecule has 0 N–H and O–H groups in total. The van der Waals surface area contributed by atoms with E-state index < -0.39 is 18.1 Å². The Labute approximate surface area is 199 Å². The van der Waals surface area contributed by atoms with Gasteiger partial charge in [0.1, 0.15) is 34.5 Å². The second-order valence-electron chi connectivity index (χ2n) is 9.40. The van der Waals surface area contributed by atoms with Gasteiger partial charge in [0.05, 0.1) is 0 Å². The molecule has 0 aliphatic rings. The molecule has 0 heterocycles. The van der Waals surface area contributed by atoms with Crippen LogP contribution in [-0.4, -0.2) is 30.0 Å². The summed E-state index contributed by atoms with van der Waals surface area (Å²) < 4.78 is 59.3. The van der Waals surface area contributed by atoms with Crippen molar-refractivity contribution in [1.29, 1.82) is 0 Å². The van der Waals surface area contributed by atoms with Crippen molar-refractivity contribution in [3.05, 3.63) is 47.5 Å². The van der Waals surface area contributed by atoms with Gasteiger partial charge < -0.3 is 9.47 Å². The molecule has 0 saturated carbocycles. The summed E-state index contributed by atoms with van der Waals surface area (Å²) in [4.78, 5) is -0.268. The smallest absolute Gasteiger partial charge is 0.264 e. The summed E-state index contributed by atoms with van der Waals surface area (Å²) in [5, 5.41) is 0. The van der Waals surface area contributed by atoms with Gasteiger partial charge in [-0.2, -0.15) is 0 Å². The van der Waals surface area contributed by atoms with Crippen molar-refractivity contribution in [3.63, 3.8) is 0 Å². The minimum atomic E-state index is -4.04. The van der Waals surface area contributed by atoms with Gasteiger partial charge in [0.25, 0.3) is 18.1 Å². The van der Waals surface area contributed by atoms with E-state index in [9.17, 15) is 16.8 Å². The highest BCUT2D eigenvalue weighted by Crippen LogP contribution is 2.34. The first-order valence-corrected chi connectivity index (χ1v) is 14.5. The molecule has 0 aliphatic carbocycles. The van der Waals surface area contributed by atoms with E-state index in [0.717, 1.165) is 11.1 Å². The van der Waals surface area contributed by atoms with Crippen LogP contribution in [0.1, 0.15) is 52.7 Å². The highest BCUT2D eigenvalue weighted by molar-refractivity contribution is 8.14. The van der Waals surface area contributed by atoms with Gasteiger partial charge in [0.15, 0.2) is 0 Å². The fourth-order valence-corrected chi connectivity index (χ4v) is 4.87. The average molecular weight is 524 g/mol. The fourth-order valence-electron chi connectivity index (χ4n) is 2.87. The lowest BCUT2D eigenvalue weighted by atomic mass is 9.87. The van der Waals surface area contributed by atoms with Crippen LogP contribution in [0.2, 0.25) is 0 Å². The zero-order chi connectivity index (χ0) is 24.5. The Balaban J connectivity index is 2.21. The highest BCUT2D eigenvalue weighted by Gasteiger charge is 2.24. The molecule has 0 amide bonds. The number of hydrogen-bond acceptors (Lipinski definition) is 6. The molecule has 2 rings (SSSR count). The zero-order valence-electron chi connectivity index (χ0n) is 18.9. The Bertz CT molecular complexity index is 1100. The molecule has 6 nitrogen and oxygen atoms in total. The average Bonchev–Trinajstić information content (AvgIpc) is 2.62. The quantitative estimate of drug-likeness (QED) is 0.347. The maximum atomic E-state index is 12.0. The molecule has 0 fully saturated rings. The molecule has 0 radical (unpaired) electrons. The van der Waals surface area contributed by atoms with Gasteiger partial charge >= 0.3 is 0 Å². The van der Waals surface area contributed by atoms with Gasteiger partial charge in [0, 0.05) is 21.4 Å². The summed E-state index contributed by atoms with van der Waals surface area (Å²) in [5.74, 6) is 0.176. The topological polar surface area (TPSA) is 86.7 Å². The van der Waals surface area contributed by atoms with Crippen molar-refractivity contribution >= 4 is 39.5 Å². The van der Waals surface area contributed by atoms with E-state index >= 15 is 0 Å². The van der Waals surface area contributed by atoms with E-state index in [1.54, 1.807) is 24.3 Å². The molecule has 0 unspecified atom stereocenters. The molecule has 178 valence electrons. The summed E-state index contributed by atoms with van der Waals surface area (Å²) in [6, 6.07) is 9.60. The van der Waals surface area contributed by atoms with Crippen molar-refractivity contribution in [2.75, 3.05) is 13.2 Å². The summed E-state index contributed by atoms with van der Waals surface area (Å²) in [7, 11) is 3.11. The molecule has 0 aromatic heterocycles. The number of halogens is 2. The molecule has 0 saturated heterocycles. The van der Waals surface area contributed by atoms with Crippen LogP contribution in [0.5, 0.6) is 11.5 Å². The van der Waals surface area contributed by atoms with Crippen LogP contribution in [0.25, 0.3) is 0 Å². The van der Waals surface area contributed by atoms with Gasteiger partial charge in [-0.25, -0.2) is 16.8 Å². The first-order chi connectivity index (χ1) is 14.4. The van der Waals surface area contributed by atoms with Crippen molar-refractivity contribution in [2.24, 2.45) is 0 Å².